The molecule has 18 nitrogen and oxygen atoms in total. The second-order valence-electron chi connectivity index (χ2n) is 18.9. The predicted octanol–water partition coefficient (Wildman–Crippen LogP) is 14.2. The third kappa shape index (κ3) is 31.0. The van der Waals surface area contributed by atoms with Crippen molar-refractivity contribution in [3.63, 3.8) is 0 Å². The number of aromatic amines is 2. The number of H-pyrrole nitrogens is 2. The van der Waals surface area contributed by atoms with Crippen LogP contribution in [0.1, 0.15) is 130 Å². The number of nitrogens with one attached hydrogen (secondary N) is 3. The number of carbonyl (C=O) groups excluding carboxylic acids is 3. The van der Waals surface area contributed by atoms with Crippen molar-refractivity contribution in [1.29, 1.82) is 0 Å². The summed E-state index contributed by atoms with van der Waals surface area (Å²) < 4.78 is 58.0. The van der Waals surface area contributed by atoms with Crippen molar-refractivity contribution in [2.24, 2.45) is 0 Å². The molecule has 4 N–H and O–H groups in total. The molecular weight excluding hydrogens is 1180 g/mol. The van der Waals surface area contributed by atoms with Gasteiger partial charge in [0.2, 0.25) is 0 Å². The lowest BCUT2D eigenvalue weighted by Gasteiger charge is -2.33. The molecule has 4 aromatic heterocycles. The van der Waals surface area contributed by atoms with Gasteiger partial charge in [-0.3, -0.25) is 28.1 Å². The second-order valence-corrected chi connectivity index (χ2v) is 25.9. The lowest BCUT2D eigenvalue weighted by atomic mass is 10.0. The average molecular weight is 1270 g/mol. The van der Waals surface area contributed by atoms with E-state index in [9.17, 15) is 32.9 Å². The Hall–Kier alpha value is -5.71. The normalized spacial score (nSPS) is 16.3. The molecule has 2 aromatic carbocycles. The Kier molecular flexibility index (Phi) is 39.9. The highest BCUT2D eigenvalue weighted by molar-refractivity contribution is 7.80. The predicted molar refractivity (Wildman–Crippen MR) is 349 cm³/mol. The number of halogens is 2. The Bertz CT molecular complexity index is 3100. The first-order valence-electron chi connectivity index (χ1n) is 29.1. The minimum atomic E-state index is -3.57. The molecule has 0 radical (unpaired) electrons. The summed E-state index contributed by atoms with van der Waals surface area (Å²) in [5.74, 6) is 9.23. The van der Waals surface area contributed by atoms with Gasteiger partial charge >= 0.3 is 28.8 Å². The topological polar surface area (TPSA) is 243 Å². The van der Waals surface area contributed by atoms with Gasteiger partial charge in [0.1, 0.15) is 22.9 Å². The first-order valence-corrected chi connectivity index (χ1v) is 33.3. The van der Waals surface area contributed by atoms with Crippen molar-refractivity contribution in [3.05, 3.63) is 132 Å². The third-order valence-corrected chi connectivity index (χ3v) is 21.3. The molecule has 1 aliphatic rings. The fourth-order valence-electron chi connectivity index (χ4n) is 8.09. The summed E-state index contributed by atoms with van der Waals surface area (Å²) in [4.78, 5) is 64.6. The minimum Gasteiger partial charge on any atom is -0.472 e. The van der Waals surface area contributed by atoms with Gasteiger partial charge in [-0.15, -0.1) is 24.8 Å². The fourth-order valence-corrected chi connectivity index (χ4v) is 17.4. The van der Waals surface area contributed by atoms with Crippen LogP contribution in [0.5, 0.6) is 0 Å². The Morgan fingerprint density at radius 2 is 1.01 bits per heavy atom. The zero-order chi connectivity index (χ0) is 62.2. The molecule has 1 saturated heterocycles. The van der Waals surface area contributed by atoms with Crippen LogP contribution in [0.3, 0.4) is 0 Å². The number of hydrogen-bond donors (Lipinski definition) is 4. The summed E-state index contributed by atoms with van der Waals surface area (Å²) >= 11 is 0. The summed E-state index contributed by atoms with van der Waals surface area (Å²) in [6.45, 7) is 17.0. The first kappa shape index (κ1) is 77.3. The number of rotatable bonds is 23. The summed E-state index contributed by atoms with van der Waals surface area (Å²) in [5.41, 5.74) is 5.60. The highest BCUT2D eigenvalue weighted by atomic mass is 35.5. The molecule has 7 rings (SSSR count). The van der Waals surface area contributed by atoms with Crippen molar-refractivity contribution in [3.8, 4) is 23.7 Å². The summed E-state index contributed by atoms with van der Waals surface area (Å²) in [5, 5.41) is 13.4. The van der Waals surface area contributed by atoms with Gasteiger partial charge < -0.3 is 30.2 Å². The average Bonchev–Trinajstić information content (AvgIpc) is 1.32. The standard InChI is InChI=1S/C23H23N3O2.C14H19N3O.C9H21O6P3.C9H6O2.C6H15N.CH4.2ClH/c1-26(22(28)12-9-18-6-3-2-4-7-18)17-5-8-20(27)11-10-19-13-15-24-23-21(19)14-16-25-23;1-15-8-2-3-12(18)5-4-11-6-9-16-14-13(11)7-10-17-14;1-4-7-16(10)13-17(11,8-5-2)15-18(12,14-16)9-6-3;10-9(11)7-6-8-4-2-1-3-5-8;1-4-7(5-2)6-3;;;/h2-4,6-7,13-16H,5,8,10-11,17H2,1H3,(H,24,25);6-7,9-10,15H,2-5,8H2,1H3,(H,16,17);4-9H2,1-3H3;1-5H,(H,10,11);4-6H2,1-3H3;1H4;2*1H/i;;;;;1D;;. The van der Waals surface area contributed by atoms with Gasteiger partial charge in [0, 0.05) is 99.2 Å². The van der Waals surface area contributed by atoms with Crippen LogP contribution >= 0.6 is 47.6 Å². The lowest BCUT2D eigenvalue weighted by molar-refractivity contribution is -0.130. The maximum Gasteiger partial charge on any atom is 0.382 e. The van der Waals surface area contributed by atoms with Crippen molar-refractivity contribution in [2.45, 2.75) is 120 Å². The number of carbonyl (C=O) groups is 4. The zero-order valence-electron chi connectivity index (χ0n) is 51.8. The largest absolute Gasteiger partial charge is 0.472 e. The van der Waals surface area contributed by atoms with Crippen LogP contribution in [0.4, 0.5) is 0 Å². The van der Waals surface area contributed by atoms with E-state index in [1.807, 2.05) is 98.2 Å². The highest BCUT2D eigenvalue weighted by Gasteiger charge is 2.51. The molecule has 6 aromatic rings. The van der Waals surface area contributed by atoms with Crippen LogP contribution < -0.4 is 5.32 Å². The molecule has 0 atom stereocenters. The number of aryl methyl sites for hydroxylation is 2. The molecular formula is C62H90Cl2N7O11P3. The zero-order valence-corrected chi connectivity index (χ0v) is 55.1. The lowest BCUT2D eigenvalue weighted by Crippen LogP contribution is -2.26. The molecule has 0 aliphatic carbocycles. The number of ketones is 2. The number of benzene rings is 2. The quantitative estimate of drug-likeness (QED) is 0.0265. The van der Waals surface area contributed by atoms with Crippen molar-refractivity contribution >= 4 is 93.1 Å². The minimum absolute atomic E-state index is 0. The van der Waals surface area contributed by atoms with Gasteiger partial charge in [-0.1, -0.05) is 97.2 Å². The van der Waals surface area contributed by atoms with E-state index in [-0.39, 0.29) is 55.0 Å². The number of Topliss-reactive ketones (excluding diaryl/α,β-unsaturated/α-hetero) is 2. The molecule has 5 heterocycles. The Morgan fingerprint density at radius 3 is 1.38 bits per heavy atom. The van der Waals surface area contributed by atoms with Gasteiger partial charge in [-0.25, -0.2) is 27.7 Å². The van der Waals surface area contributed by atoms with E-state index < -0.39 is 28.8 Å². The van der Waals surface area contributed by atoms with Gasteiger partial charge in [0.15, 0.2) is 0 Å². The summed E-state index contributed by atoms with van der Waals surface area (Å²) in [6.07, 6.45) is 14.5. The molecule has 1 aliphatic heterocycles. The number of aromatic nitrogens is 4. The SMILES string of the molecule is CCCP1(=O)OP(=O)(CCC)OP(=O)(CCC)O1.CCN(CC)CC.CN(CCCC(=O)CCc1ccnc2[nH]ccc12)C(=O)C#Cc1ccccc1.CNCCCC(=O)CCc1ccnc2[nH]ccc12.Cl.Cl.O=C(O)C#Cc1ccccc1.[2H]C. The number of hydrogen-bond acceptors (Lipinski definition) is 14. The van der Waals surface area contributed by atoms with Gasteiger partial charge in [-0.2, -0.15) is 0 Å². The number of carboxylic acid groups (broad SMARTS) is 1. The third-order valence-electron chi connectivity index (χ3n) is 12.4. The maximum atomic E-state index is 12.3. The molecule has 85 heavy (non-hydrogen) atoms. The molecule has 1 amide bonds. The van der Waals surface area contributed by atoms with E-state index in [1.54, 1.807) is 57.2 Å². The monoisotopic (exact) mass is 1270 g/mol. The Balaban J connectivity index is 0.00000110. The molecule has 468 valence electrons. The second kappa shape index (κ2) is 43.8. The molecule has 23 heteroatoms. The number of amides is 1. The number of nitrogens with zero attached hydrogens (tertiary/aromatic N) is 4. The van der Waals surface area contributed by atoms with Crippen LogP contribution in [-0.4, -0.2) is 124 Å². The van der Waals surface area contributed by atoms with Gasteiger partial charge in [0.25, 0.3) is 5.91 Å². The van der Waals surface area contributed by atoms with Crippen LogP contribution in [0.25, 0.3) is 22.1 Å². The van der Waals surface area contributed by atoms with E-state index in [4.69, 9.17) is 19.4 Å². The number of fused-ring (bicyclic) bond motifs is 2. The molecule has 0 spiro atoms. The number of pyridine rings is 2. The number of carboxylic acids is 1. The van der Waals surface area contributed by atoms with Crippen LogP contribution in [0.15, 0.2) is 110 Å². The highest BCUT2D eigenvalue weighted by Crippen LogP contribution is 2.82. The molecule has 0 unspecified atom stereocenters. The van der Waals surface area contributed by atoms with Crippen LogP contribution in [0, 0.1) is 23.7 Å². The van der Waals surface area contributed by atoms with E-state index in [0.717, 1.165) is 58.1 Å². The number of aliphatic carboxylic acids is 1. The smallest absolute Gasteiger partial charge is 0.382 e. The van der Waals surface area contributed by atoms with E-state index in [0.29, 0.717) is 70.1 Å². The van der Waals surface area contributed by atoms with Gasteiger partial charge in [0.05, 0.1) is 18.5 Å². The van der Waals surface area contributed by atoms with E-state index in [1.165, 1.54) is 32.6 Å². The molecule has 0 saturated carbocycles. The summed E-state index contributed by atoms with van der Waals surface area (Å²) in [7, 11) is -5.83. The van der Waals surface area contributed by atoms with E-state index in [2.05, 4.69) is 68.7 Å². The van der Waals surface area contributed by atoms with Gasteiger partial charge in [-0.05, 0) is 138 Å². The van der Waals surface area contributed by atoms with Crippen LogP contribution in [-0.2, 0) is 58.6 Å². The summed E-state index contributed by atoms with van der Waals surface area (Å²) in [6, 6.07) is 26.4. The molecule has 1 fully saturated rings. The van der Waals surface area contributed by atoms with Crippen LogP contribution in [0.2, 0.25) is 0 Å². The Labute approximate surface area is 518 Å². The van der Waals surface area contributed by atoms with Crippen molar-refractivity contribution in [2.75, 3.05) is 65.3 Å². The Morgan fingerprint density at radius 1 is 0.612 bits per heavy atom. The van der Waals surface area contributed by atoms with Crippen molar-refractivity contribution in [1.82, 2.24) is 35.1 Å². The van der Waals surface area contributed by atoms with E-state index >= 15 is 0 Å². The fraction of sp³-hybridized carbons (Fsp3) is 0.452. The maximum absolute atomic E-state index is 12.3. The van der Waals surface area contributed by atoms with Crippen molar-refractivity contribution < 1.29 is 52.3 Å². The first-order chi connectivity index (χ1) is 40.4. The molecule has 0 bridgehead atoms.